The third-order valence-corrected chi connectivity index (χ3v) is 8.69. The van der Waals surface area contributed by atoms with Crippen LogP contribution in [0.5, 0.6) is 0 Å². The summed E-state index contributed by atoms with van der Waals surface area (Å²) < 4.78 is 52.9. The third-order valence-electron chi connectivity index (χ3n) is 3.83. The average Bonchev–Trinajstić information content (AvgIpc) is 2.62. The van der Waals surface area contributed by atoms with Crippen LogP contribution in [0.25, 0.3) is 0 Å². The van der Waals surface area contributed by atoms with E-state index in [0.29, 0.717) is 0 Å². The number of benzene rings is 1. The van der Waals surface area contributed by atoms with Gasteiger partial charge in [0, 0.05) is 12.2 Å². The number of ether oxygens (including phenoxy) is 1. The van der Waals surface area contributed by atoms with E-state index in [4.69, 9.17) is 4.74 Å². The lowest BCUT2D eigenvalue weighted by molar-refractivity contribution is -0.116. The van der Waals surface area contributed by atoms with Crippen LogP contribution in [0.4, 0.5) is 5.69 Å². The molecule has 10 heteroatoms. The Labute approximate surface area is 171 Å². The van der Waals surface area contributed by atoms with Gasteiger partial charge in [-0.2, -0.15) is 0 Å². The second kappa shape index (κ2) is 10.4. The topological polar surface area (TPSA) is 115 Å². The van der Waals surface area contributed by atoms with Gasteiger partial charge in [-0.15, -0.1) is 13.2 Å². The van der Waals surface area contributed by atoms with Crippen molar-refractivity contribution in [3.05, 3.63) is 55.1 Å². The van der Waals surface area contributed by atoms with E-state index in [1.165, 1.54) is 24.3 Å². The lowest BCUT2D eigenvalue weighted by atomic mass is 10.2. The third kappa shape index (κ3) is 6.01. The van der Waals surface area contributed by atoms with Gasteiger partial charge in [0.1, 0.15) is 0 Å². The zero-order valence-corrected chi connectivity index (χ0v) is 18.0. The van der Waals surface area contributed by atoms with E-state index < -0.39 is 47.6 Å². The summed E-state index contributed by atoms with van der Waals surface area (Å²) in [5.74, 6) is -2.98. The molecule has 0 saturated heterocycles. The molecule has 29 heavy (non-hydrogen) atoms. The first kappa shape index (κ1) is 24.6. The number of hydrogen-bond acceptors (Lipinski definition) is 7. The van der Waals surface area contributed by atoms with Crippen molar-refractivity contribution < 1.29 is 31.2 Å². The van der Waals surface area contributed by atoms with Crippen molar-refractivity contribution in [2.24, 2.45) is 0 Å². The van der Waals surface area contributed by atoms with Gasteiger partial charge >= 0.3 is 5.97 Å². The predicted octanol–water partition coefficient (Wildman–Crippen LogP) is 1.74. The first-order valence-corrected chi connectivity index (χ1v) is 12.2. The second-order valence-corrected chi connectivity index (χ2v) is 10.5. The average molecular weight is 444 g/mol. The molecule has 0 spiro atoms. The van der Waals surface area contributed by atoms with E-state index in [0.717, 1.165) is 17.1 Å². The molecule has 1 amide bonds. The summed E-state index contributed by atoms with van der Waals surface area (Å²) in [5, 5.41) is 0. The molecule has 0 unspecified atom stereocenters. The standard InChI is InChI=1S/C19H25NO7S2/c1-5-13-28(23,24)19(29(25,26)14-6-2)17(21)20(7-3)16-11-9-15(10-12-16)18(22)27-8-4/h5-6,9-12,19H,1-2,7-8,13-14H2,3-4H3. The van der Waals surface area contributed by atoms with Crippen LogP contribution in [-0.4, -0.2) is 58.0 Å². The fourth-order valence-corrected chi connectivity index (χ4v) is 6.75. The molecule has 0 atom stereocenters. The van der Waals surface area contributed by atoms with Crippen molar-refractivity contribution in [3.63, 3.8) is 0 Å². The number of rotatable bonds is 11. The number of anilines is 1. The largest absolute Gasteiger partial charge is 0.462 e. The molecular weight excluding hydrogens is 418 g/mol. The monoisotopic (exact) mass is 443 g/mol. The highest BCUT2D eigenvalue weighted by Gasteiger charge is 2.44. The minimum absolute atomic E-state index is 0.0152. The summed E-state index contributed by atoms with van der Waals surface area (Å²) in [4.78, 5) is 25.9. The zero-order chi connectivity index (χ0) is 22.2. The molecule has 0 saturated carbocycles. The molecule has 1 aromatic rings. The van der Waals surface area contributed by atoms with Crippen LogP contribution >= 0.6 is 0 Å². The van der Waals surface area contributed by atoms with Crippen LogP contribution < -0.4 is 4.90 Å². The number of carbonyl (C=O) groups excluding carboxylic acids is 2. The molecule has 8 nitrogen and oxygen atoms in total. The minimum Gasteiger partial charge on any atom is -0.462 e. The number of nitrogens with zero attached hydrogens (tertiary/aromatic N) is 1. The molecule has 0 aliphatic carbocycles. The first-order chi connectivity index (χ1) is 13.6. The highest BCUT2D eigenvalue weighted by atomic mass is 32.3. The highest BCUT2D eigenvalue weighted by Crippen LogP contribution is 2.22. The smallest absolute Gasteiger partial charge is 0.338 e. The Balaban J connectivity index is 3.40. The highest BCUT2D eigenvalue weighted by molar-refractivity contribution is 8.10. The predicted molar refractivity (Wildman–Crippen MR) is 112 cm³/mol. The molecule has 0 heterocycles. The molecule has 1 rings (SSSR count). The summed E-state index contributed by atoms with van der Waals surface area (Å²) in [7, 11) is -8.73. The summed E-state index contributed by atoms with van der Waals surface area (Å²) in [5.41, 5.74) is 0.493. The SMILES string of the molecule is C=CCS(=O)(=O)C(C(=O)N(CC)c1ccc(C(=O)OCC)cc1)S(=O)(=O)CC=C. The molecule has 0 aromatic heterocycles. The minimum atomic E-state index is -4.36. The maximum Gasteiger partial charge on any atom is 0.338 e. The van der Waals surface area contributed by atoms with E-state index >= 15 is 0 Å². The Hall–Kier alpha value is -2.46. The number of amides is 1. The molecule has 0 N–H and O–H groups in total. The van der Waals surface area contributed by atoms with Crippen LogP contribution in [0.15, 0.2) is 49.6 Å². The molecule has 1 aromatic carbocycles. The summed E-state index contributed by atoms with van der Waals surface area (Å²) in [6.07, 6.45) is 2.06. The van der Waals surface area contributed by atoms with Crippen molar-refractivity contribution in [2.45, 2.75) is 18.4 Å². The van der Waals surface area contributed by atoms with E-state index in [1.54, 1.807) is 13.8 Å². The fraction of sp³-hybridized carbons (Fsp3) is 0.368. The summed E-state index contributed by atoms with van der Waals surface area (Å²) in [6.45, 7) is 10.1. The van der Waals surface area contributed by atoms with E-state index in [2.05, 4.69) is 13.2 Å². The van der Waals surface area contributed by atoms with E-state index in [9.17, 15) is 26.4 Å². The zero-order valence-electron chi connectivity index (χ0n) is 16.4. The van der Waals surface area contributed by atoms with Crippen molar-refractivity contribution in [3.8, 4) is 0 Å². The Bertz CT molecular complexity index is 924. The Morgan fingerprint density at radius 1 is 1.00 bits per heavy atom. The molecule has 160 valence electrons. The van der Waals surface area contributed by atoms with Gasteiger partial charge in [-0.05, 0) is 38.1 Å². The molecule has 0 fully saturated rings. The Morgan fingerprint density at radius 3 is 1.86 bits per heavy atom. The van der Waals surface area contributed by atoms with Crippen LogP contribution in [0, 0.1) is 0 Å². The number of hydrogen-bond donors (Lipinski definition) is 0. The number of sulfone groups is 2. The summed E-state index contributed by atoms with van der Waals surface area (Å²) in [6, 6.07) is 5.67. The molecule has 0 bridgehead atoms. The van der Waals surface area contributed by atoms with Gasteiger partial charge in [0.05, 0.1) is 23.7 Å². The van der Waals surface area contributed by atoms with Gasteiger partial charge in [0.15, 0.2) is 19.7 Å². The van der Waals surface area contributed by atoms with E-state index in [-0.39, 0.29) is 24.4 Å². The number of esters is 1. The van der Waals surface area contributed by atoms with Crippen LogP contribution in [-0.2, 0) is 29.2 Å². The Kier molecular flexibility index (Phi) is 8.78. The van der Waals surface area contributed by atoms with E-state index in [1.807, 2.05) is 0 Å². The van der Waals surface area contributed by atoms with Crippen molar-refractivity contribution >= 4 is 37.2 Å². The van der Waals surface area contributed by atoms with Gasteiger partial charge in [-0.1, -0.05) is 12.2 Å². The van der Waals surface area contributed by atoms with Gasteiger partial charge in [0.25, 0.3) is 5.91 Å². The first-order valence-electron chi connectivity index (χ1n) is 8.79. The number of carbonyl (C=O) groups is 2. The Morgan fingerprint density at radius 2 is 1.48 bits per heavy atom. The van der Waals surface area contributed by atoms with Crippen LogP contribution in [0.3, 0.4) is 0 Å². The maximum absolute atomic E-state index is 13.0. The van der Waals surface area contributed by atoms with Gasteiger partial charge < -0.3 is 9.64 Å². The normalized spacial score (nSPS) is 11.7. The quantitative estimate of drug-likeness (QED) is 0.378. The van der Waals surface area contributed by atoms with Crippen LogP contribution in [0.2, 0.25) is 0 Å². The lowest BCUT2D eigenvalue weighted by Gasteiger charge is -2.26. The second-order valence-electron chi connectivity index (χ2n) is 5.92. The van der Waals surface area contributed by atoms with Gasteiger partial charge in [-0.3, -0.25) is 4.79 Å². The van der Waals surface area contributed by atoms with Gasteiger partial charge in [-0.25, -0.2) is 21.6 Å². The van der Waals surface area contributed by atoms with Gasteiger partial charge in [0.2, 0.25) is 4.58 Å². The van der Waals surface area contributed by atoms with Crippen molar-refractivity contribution in [2.75, 3.05) is 29.6 Å². The van der Waals surface area contributed by atoms with Crippen LogP contribution in [0.1, 0.15) is 24.2 Å². The molecule has 0 radical (unpaired) electrons. The molecule has 0 aliphatic rings. The lowest BCUT2D eigenvalue weighted by Crippen LogP contribution is -2.48. The molecular formula is C19H25NO7S2. The fourth-order valence-electron chi connectivity index (χ4n) is 2.62. The van der Waals surface area contributed by atoms with Crippen molar-refractivity contribution in [1.29, 1.82) is 0 Å². The van der Waals surface area contributed by atoms with Crippen molar-refractivity contribution in [1.82, 2.24) is 0 Å². The molecule has 0 aliphatic heterocycles. The maximum atomic E-state index is 13.0. The summed E-state index contributed by atoms with van der Waals surface area (Å²) >= 11 is 0.